The van der Waals surface area contributed by atoms with E-state index in [2.05, 4.69) is 38.7 Å². The standard InChI is InChI=1S/C15H12O2.C5H5.2ClH.Ti/c16-14(12-7-3-1-4-8-12)11-15(17)13-9-5-2-6-10-13;1-2-4-5-3-1;;;/h1-10H,11H2;1-3H,4H2;2*1H;/q;;;;+2/p-2. The molecule has 0 heterocycles. The SMILES string of the molecule is O=C(CC(=O)c1ccccc1)c1ccccc1.[Cl-].[Cl-].[Ti+2][C]1=CC=CC1. The van der Waals surface area contributed by atoms with E-state index in [9.17, 15) is 9.59 Å². The van der Waals surface area contributed by atoms with Gasteiger partial charge in [-0.25, -0.2) is 0 Å². The molecule has 1 aliphatic rings. The van der Waals surface area contributed by atoms with Crippen molar-refractivity contribution >= 4 is 11.6 Å². The van der Waals surface area contributed by atoms with Gasteiger partial charge in [0.15, 0.2) is 11.6 Å². The molecule has 2 aromatic carbocycles. The Morgan fingerprint density at radius 2 is 1.24 bits per heavy atom. The summed E-state index contributed by atoms with van der Waals surface area (Å²) in [5.41, 5.74) is 1.16. The summed E-state index contributed by atoms with van der Waals surface area (Å²) in [5, 5.41) is 0. The molecule has 0 radical (unpaired) electrons. The minimum atomic E-state index is -0.139. The van der Waals surface area contributed by atoms with Crippen LogP contribution in [0.2, 0.25) is 0 Å². The van der Waals surface area contributed by atoms with Crippen LogP contribution in [0.4, 0.5) is 0 Å². The number of carbonyl (C=O) groups is 2. The van der Waals surface area contributed by atoms with Gasteiger partial charge in [0.2, 0.25) is 0 Å². The Labute approximate surface area is 172 Å². The van der Waals surface area contributed by atoms with Gasteiger partial charge in [0.05, 0.1) is 6.42 Å². The van der Waals surface area contributed by atoms with Gasteiger partial charge in [-0.1, -0.05) is 60.7 Å². The molecular weight excluding hydrogens is 391 g/mol. The van der Waals surface area contributed by atoms with Crippen LogP contribution in [-0.2, 0) is 20.4 Å². The van der Waals surface area contributed by atoms with Gasteiger partial charge in [0, 0.05) is 11.1 Å². The molecule has 0 fully saturated rings. The zero-order valence-electron chi connectivity index (χ0n) is 13.5. The summed E-state index contributed by atoms with van der Waals surface area (Å²) in [6, 6.07) is 17.7. The van der Waals surface area contributed by atoms with Gasteiger partial charge in [0.25, 0.3) is 0 Å². The average molecular weight is 408 g/mol. The summed E-state index contributed by atoms with van der Waals surface area (Å²) in [6.07, 6.45) is 7.48. The predicted octanol–water partition coefficient (Wildman–Crippen LogP) is -1.47. The Morgan fingerprint density at radius 1 is 0.800 bits per heavy atom. The quantitative estimate of drug-likeness (QED) is 0.352. The molecule has 0 unspecified atom stereocenters. The molecule has 0 saturated carbocycles. The van der Waals surface area contributed by atoms with Crippen molar-refractivity contribution in [2.24, 2.45) is 0 Å². The Morgan fingerprint density at radius 3 is 1.52 bits per heavy atom. The molecule has 0 atom stereocenters. The van der Waals surface area contributed by atoms with Crippen molar-refractivity contribution in [2.75, 3.05) is 0 Å². The number of Topliss-reactive ketones (excluding diaryl/α,β-unsaturated/α-hetero) is 2. The monoisotopic (exact) mass is 407 g/mol. The Kier molecular flexibility index (Phi) is 12.1. The molecule has 2 aromatic rings. The second-order valence-corrected chi connectivity index (χ2v) is 6.08. The zero-order valence-corrected chi connectivity index (χ0v) is 16.6. The summed E-state index contributed by atoms with van der Waals surface area (Å²) < 4.78 is 1.47. The van der Waals surface area contributed by atoms with E-state index in [1.807, 2.05) is 12.1 Å². The van der Waals surface area contributed by atoms with E-state index < -0.39 is 0 Å². The van der Waals surface area contributed by atoms with Crippen molar-refractivity contribution in [3.8, 4) is 0 Å². The van der Waals surface area contributed by atoms with E-state index in [4.69, 9.17) is 0 Å². The number of ketones is 2. The van der Waals surface area contributed by atoms with Crippen molar-refractivity contribution in [3.05, 3.63) is 93.9 Å². The molecule has 2 nitrogen and oxygen atoms in total. The molecule has 25 heavy (non-hydrogen) atoms. The number of hydrogen-bond donors (Lipinski definition) is 0. The number of halogens is 2. The number of benzene rings is 2. The molecule has 0 saturated heterocycles. The van der Waals surface area contributed by atoms with E-state index in [0.717, 1.165) is 0 Å². The number of carbonyl (C=O) groups excluding carboxylic acids is 2. The third-order valence-electron chi connectivity index (χ3n) is 3.28. The van der Waals surface area contributed by atoms with Crippen molar-refractivity contribution in [1.29, 1.82) is 0 Å². The fourth-order valence-corrected chi connectivity index (χ4v) is 2.38. The van der Waals surface area contributed by atoms with Gasteiger partial charge in [-0.3, -0.25) is 9.59 Å². The maximum absolute atomic E-state index is 11.8. The van der Waals surface area contributed by atoms with Crippen molar-refractivity contribution in [3.63, 3.8) is 0 Å². The van der Waals surface area contributed by atoms with Gasteiger partial charge in [0.1, 0.15) is 0 Å². The molecule has 0 bridgehead atoms. The van der Waals surface area contributed by atoms with Gasteiger partial charge in [-0.2, -0.15) is 0 Å². The van der Waals surface area contributed by atoms with Crippen molar-refractivity contribution < 1.29 is 54.8 Å². The second-order valence-electron chi connectivity index (χ2n) is 5.08. The Bertz CT molecular complexity index is 676. The van der Waals surface area contributed by atoms with Crippen LogP contribution in [0.5, 0.6) is 0 Å². The molecule has 0 aliphatic heterocycles. The summed E-state index contributed by atoms with van der Waals surface area (Å²) in [4.78, 5) is 23.6. The molecule has 1 aliphatic carbocycles. The Hall–Kier alpha value is -1.45. The van der Waals surface area contributed by atoms with Gasteiger partial charge < -0.3 is 24.8 Å². The summed E-state index contributed by atoms with van der Waals surface area (Å²) in [7, 11) is 0. The summed E-state index contributed by atoms with van der Waals surface area (Å²) in [5.74, 6) is -0.279. The molecule has 0 N–H and O–H groups in total. The van der Waals surface area contributed by atoms with Crippen LogP contribution in [-0.4, -0.2) is 11.6 Å². The Balaban J connectivity index is 0.000000616. The van der Waals surface area contributed by atoms with Gasteiger partial charge >= 0.3 is 49.0 Å². The minimum absolute atomic E-state index is 0. The first-order chi connectivity index (χ1) is 11.2. The van der Waals surface area contributed by atoms with E-state index in [1.54, 1.807) is 48.5 Å². The van der Waals surface area contributed by atoms with Crippen LogP contribution >= 0.6 is 0 Å². The van der Waals surface area contributed by atoms with Crippen LogP contribution in [0.15, 0.2) is 82.8 Å². The summed E-state index contributed by atoms with van der Waals surface area (Å²) in [6.45, 7) is 0. The number of rotatable bonds is 4. The molecule has 3 rings (SSSR count). The van der Waals surface area contributed by atoms with Crippen LogP contribution in [0.25, 0.3) is 0 Å². The van der Waals surface area contributed by atoms with E-state index in [-0.39, 0.29) is 42.8 Å². The molecule has 127 valence electrons. The molecule has 0 aromatic heterocycles. The van der Waals surface area contributed by atoms with Crippen LogP contribution in [0.1, 0.15) is 33.6 Å². The predicted molar refractivity (Wildman–Crippen MR) is 88.0 cm³/mol. The molecular formula is C20H17Cl2O2Ti. The third kappa shape index (κ3) is 8.46. The van der Waals surface area contributed by atoms with Gasteiger partial charge in [-0.05, 0) is 0 Å². The maximum atomic E-state index is 11.8. The zero-order chi connectivity index (χ0) is 16.5. The first-order valence-electron chi connectivity index (χ1n) is 7.40. The van der Waals surface area contributed by atoms with E-state index in [0.29, 0.717) is 11.1 Å². The number of allylic oxidation sites excluding steroid dienone is 4. The number of hydrogen-bond acceptors (Lipinski definition) is 2. The normalized spacial score (nSPS) is 11.2. The van der Waals surface area contributed by atoms with E-state index in [1.165, 1.54) is 10.3 Å². The summed E-state index contributed by atoms with van der Waals surface area (Å²) >= 11 is 2.14. The molecule has 0 spiro atoms. The van der Waals surface area contributed by atoms with Crippen LogP contribution in [0, 0.1) is 0 Å². The van der Waals surface area contributed by atoms with Crippen molar-refractivity contribution in [1.82, 2.24) is 0 Å². The van der Waals surface area contributed by atoms with Crippen LogP contribution < -0.4 is 24.8 Å². The van der Waals surface area contributed by atoms with Crippen molar-refractivity contribution in [2.45, 2.75) is 12.8 Å². The topological polar surface area (TPSA) is 34.1 Å². The second kappa shape index (κ2) is 12.9. The van der Waals surface area contributed by atoms with Gasteiger partial charge in [-0.15, -0.1) is 0 Å². The fourth-order valence-electron chi connectivity index (χ4n) is 2.05. The third-order valence-corrected chi connectivity index (χ3v) is 3.86. The molecule has 0 amide bonds. The average Bonchev–Trinajstić information content (AvgIpc) is 3.08. The fraction of sp³-hybridized carbons (Fsp3) is 0.100. The first-order valence-corrected chi connectivity index (χ1v) is 8.18. The van der Waals surface area contributed by atoms with E-state index >= 15 is 0 Å². The first kappa shape index (κ1) is 23.6. The van der Waals surface area contributed by atoms with Crippen LogP contribution in [0.3, 0.4) is 0 Å². The molecule has 5 heteroatoms.